The van der Waals surface area contributed by atoms with E-state index in [0.29, 0.717) is 6.10 Å². The Hall–Kier alpha value is 0.960. The molecular formula is C4H8NaO. The fourth-order valence-corrected chi connectivity index (χ4v) is 0.304. The molecule has 0 aromatic rings. The van der Waals surface area contributed by atoms with Crippen LogP contribution in [-0.2, 0) is 4.74 Å². The number of rotatable bonds is 1. The summed E-state index contributed by atoms with van der Waals surface area (Å²) in [7, 11) is 0. The van der Waals surface area contributed by atoms with Crippen molar-refractivity contribution in [1.82, 2.24) is 0 Å². The summed E-state index contributed by atoms with van der Waals surface area (Å²) in [6.45, 7) is 3.15. The topological polar surface area (TPSA) is 12.5 Å². The first kappa shape index (κ1) is 6.96. The molecule has 1 fully saturated rings. The van der Waals surface area contributed by atoms with Crippen molar-refractivity contribution in [3.05, 3.63) is 0 Å². The molecule has 1 radical (unpaired) electrons. The summed E-state index contributed by atoms with van der Waals surface area (Å²) in [5.74, 6) is 0. The molecule has 0 spiro atoms. The van der Waals surface area contributed by atoms with E-state index in [2.05, 4.69) is 6.92 Å². The molecule has 1 nitrogen and oxygen atoms in total. The van der Waals surface area contributed by atoms with E-state index in [1.54, 1.807) is 0 Å². The van der Waals surface area contributed by atoms with Gasteiger partial charge in [0.25, 0.3) is 0 Å². The Bertz CT molecular complexity index is 34.5. The number of hydrogen-bond donors (Lipinski definition) is 0. The van der Waals surface area contributed by atoms with E-state index in [1.165, 1.54) is 6.42 Å². The van der Waals surface area contributed by atoms with E-state index < -0.39 is 0 Å². The van der Waals surface area contributed by atoms with Gasteiger partial charge in [0.2, 0.25) is 0 Å². The van der Waals surface area contributed by atoms with Gasteiger partial charge in [-0.2, -0.15) is 0 Å². The molecule has 0 aliphatic carbocycles. The third-order valence-corrected chi connectivity index (χ3v) is 0.858. The third-order valence-electron chi connectivity index (χ3n) is 0.858. The van der Waals surface area contributed by atoms with Gasteiger partial charge in [0.15, 0.2) is 0 Å². The van der Waals surface area contributed by atoms with E-state index in [-0.39, 0.29) is 29.6 Å². The molecular weight excluding hydrogens is 87.0 g/mol. The van der Waals surface area contributed by atoms with Crippen LogP contribution in [-0.4, -0.2) is 42.3 Å². The maximum Gasteiger partial charge on any atom is 0.0807 e. The predicted molar refractivity (Wildman–Crippen MR) is 25.8 cm³/mol. The predicted octanol–water partition coefficient (Wildman–Crippen LogP) is 0.414. The Morgan fingerprint density at radius 1 is 1.83 bits per heavy atom. The van der Waals surface area contributed by atoms with Gasteiger partial charge in [-0.15, -0.1) is 0 Å². The van der Waals surface area contributed by atoms with E-state index in [9.17, 15) is 0 Å². The second-order valence-corrected chi connectivity index (χ2v) is 1.36. The quantitative estimate of drug-likeness (QED) is 0.339. The molecule has 6 heavy (non-hydrogen) atoms. The van der Waals surface area contributed by atoms with Crippen molar-refractivity contribution >= 4 is 29.6 Å². The number of ether oxygens (including phenoxy) is 1. The van der Waals surface area contributed by atoms with Crippen LogP contribution in [0.3, 0.4) is 0 Å². The van der Waals surface area contributed by atoms with Gasteiger partial charge in [0.05, 0.1) is 12.7 Å². The van der Waals surface area contributed by atoms with Gasteiger partial charge >= 0.3 is 0 Å². The van der Waals surface area contributed by atoms with Crippen molar-refractivity contribution in [3.63, 3.8) is 0 Å². The van der Waals surface area contributed by atoms with Gasteiger partial charge in [-0.3, -0.25) is 0 Å². The molecule has 1 unspecified atom stereocenters. The van der Waals surface area contributed by atoms with E-state index in [0.717, 1.165) is 6.61 Å². The monoisotopic (exact) mass is 95.0 g/mol. The first-order valence-electron chi connectivity index (χ1n) is 2.05. The Morgan fingerprint density at radius 2 is 2.33 bits per heavy atom. The zero-order valence-corrected chi connectivity index (χ0v) is 6.40. The normalized spacial score (nSPS) is 28.5. The van der Waals surface area contributed by atoms with Crippen molar-refractivity contribution in [2.75, 3.05) is 6.61 Å². The van der Waals surface area contributed by atoms with Gasteiger partial charge in [-0.25, -0.2) is 0 Å². The molecule has 31 valence electrons. The van der Waals surface area contributed by atoms with Crippen LogP contribution in [0.2, 0.25) is 0 Å². The van der Waals surface area contributed by atoms with Crippen molar-refractivity contribution < 1.29 is 4.74 Å². The smallest absolute Gasteiger partial charge is 0.0807 e. The van der Waals surface area contributed by atoms with Crippen molar-refractivity contribution in [1.29, 1.82) is 0 Å². The first-order valence-corrected chi connectivity index (χ1v) is 2.05. The summed E-state index contributed by atoms with van der Waals surface area (Å²) in [5.41, 5.74) is 0. The van der Waals surface area contributed by atoms with E-state index in [4.69, 9.17) is 4.74 Å². The van der Waals surface area contributed by atoms with Crippen LogP contribution in [0.1, 0.15) is 13.3 Å². The van der Waals surface area contributed by atoms with Crippen molar-refractivity contribution in [2.45, 2.75) is 19.4 Å². The maximum absolute atomic E-state index is 4.86. The zero-order chi connectivity index (χ0) is 3.70. The first-order chi connectivity index (χ1) is 2.43. The van der Waals surface area contributed by atoms with Gasteiger partial charge in [0.1, 0.15) is 0 Å². The van der Waals surface area contributed by atoms with Crippen LogP contribution in [0.25, 0.3) is 0 Å². The minimum atomic E-state index is 0. The Kier molecular flexibility index (Phi) is 3.51. The molecule has 0 N–H and O–H groups in total. The van der Waals surface area contributed by atoms with Crippen LogP contribution >= 0.6 is 0 Å². The molecule has 0 saturated carbocycles. The zero-order valence-electron chi connectivity index (χ0n) is 4.40. The number of hydrogen-bond acceptors (Lipinski definition) is 1. The van der Waals surface area contributed by atoms with Crippen LogP contribution in [0.4, 0.5) is 0 Å². The van der Waals surface area contributed by atoms with Crippen LogP contribution in [0, 0.1) is 0 Å². The summed E-state index contributed by atoms with van der Waals surface area (Å²) in [5, 5.41) is 0. The minimum absolute atomic E-state index is 0. The Morgan fingerprint density at radius 3 is 2.33 bits per heavy atom. The fourth-order valence-electron chi connectivity index (χ4n) is 0.304. The standard InChI is InChI=1S/C4H8O.Na/c1-2-4-3-5-4;/h4H,2-3H2,1H3;. The molecule has 0 aromatic heterocycles. The average Bonchev–Trinajstić information content (AvgIpc) is 2.12. The molecule has 2 heteroatoms. The summed E-state index contributed by atoms with van der Waals surface area (Å²) in [6.07, 6.45) is 1.83. The van der Waals surface area contributed by atoms with Crippen LogP contribution < -0.4 is 0 Å². The van der Waals surface area contributed by atoms with E-state index >= 15 is 0 Å². The Labute approximate surface area is 60.4 Å². The second-order valence-electron chi connectivity index (χ2n) is 1.36. The fraction of sp³-hybridized carbons (Fsp3) is 1.00. The Balaban J connectivity index is 0.000000250. The summed E-state index contributed by atoms with van der Waals surface area (Å²) in [4.78, 5) is 0. The molecule has 1 atom stereocenters. The van der Waals surface area contributed by atoms with Gasteiger partial charge in [0, 0.05) is 29.6 Å². The molecule has 1 heterocycles. The van der Waals surface area contributed by atoms with E-state index in [1.807, 2.05) is 0 Å². The SMILES string of the molecule is CCC1CO1.[Na]. The van der Waals surface area contributed by atoms with Crippen LogP contribution in [0.15, 0.2) is 0 Å². The maximum atomic E-state index is 4.86. The summed E-state index contributed by atoms with van der Waals surface area (Å²) < 4.78 is 4.86. The molecule has 0 aromatic carbocycles. The molecule has 1 saturated heterocycles. The second kappa shape index (κ2) is 3.03. The molecule has 1 rings (SSSR count). The molecule has 0 bridgehead atoms. The molecule has 1 aliphatic rings. The van der Waals surface area contributed by atoms with Crippen molar-refractivity contribution in [3.8, 4) is 0 Å². The third kappa shape index (κ3) is 2.19. The van der Waals surface area contributed by atoms with Crippen molar-refractivity contribution in [2.24, 2.45) is 0 Å². The largest absolute Gasteiger partial charge is 0.373 e. The van der Waals surface area contributed by atoms with Gasteiger partial charge in [-0.05, 0) is 6.42 Å². The minimum Gasteiger partial charge on any atom is -0.373 e. The summed E-state index contributed by atoms with van der Waals surface area (Å²) >= 11 is 0. The van der Waals surface area contributed by atoms with Gasteiger partial charge in [-0.1, -0.05) is 6.92 Å². The number of epoxide rings is 1. The summed E-state index contributed by atoms with van der Waals surface area (Å²) in [6, 6.07) is 0. The average molecular weight is 95.1 g/mol. The molecule has 1 aliphatic heterocycles. The molecule has 0 amide bonds. The van der Waals surface area contributed by atoms with Gasteiger partial charge < -0.3 is 4.74 Å². The van der Waals surface area contributed by atoms with Crippen LogP contribution in [0.5, 0.6) is 0 Å².